The van der Waals surface area contributed by atoms with Crippen LogP contribution in [0.4, 0.5) is 11.4 Å². The molecule has 0 atom stereocenters. The molecule has 0 saturated heterocycles. The second kappa shape index (κ2) is 6.24. The van der Waals surface area contributed by atoms with Gasteiger partial charge in [0.25, 0.3) is 0 Å². The number of hydrogen-bond acceptors (Lipinski definition) is 1. The van der Waals surface area contributed by atoms with Gasteiger partial charge in [0.15, 0.2) is 0 Å². The van der Waals surface area contributed by atoms with Crippen molar-refractivity contribution in [1.29, 1.82) is 0 Å². The maximum absolute atomic E-state index is 6.12. The molecular weight excluding hydrogens is 246 g/mol. The first-order chi connectivity index (χ1) is 9.61. The lowest BCUT2D eigenvalue weighted by Crippen LogP contribution is -2.33. The molecule has 0 unspecified atom stereocenters. The van der Waals surface area contributed by atoms with Crippen molar-refractivity contribution >= 4 is 17.3 Å². The number of benzene rings is 2. The summed E-state index contributed by atoms with van der Waals surface area (Å²) in [7, 11) is 1.94. The molecule has 2 aromatic carbocycles. The van der Waals surface area contributed by atoms with Crippen LogP contribution in [0.3, 0.4) is 0 Å². The van der Waals surface area contributed by atoms with Crippen molar-refractivity contribution in [2.75, 3.05) is 11.9 Å². The van der Waals surface area contributed by atoms with Crippen molar-refractivity contribution in [1.82, 2.24) is 0 Å². The van der Waals surface area contributed by atoms with E-state index in [0.29, 0.717) is 5.96 Å². The molecule has 0 aromatic heterocycles. The Labute approximate surface area is 120 Å². The fraction of sp³-hybridized carbons (Fsp3) is 0.235. The lowest BCUT2D eigenvalue weighted by Gasteiger charge is -2.19. The van der Waals surface area contributed by atoms with Crippen LogP contribution in [0.5, 0.6) is 0 Å². The number of nitrogens with zero attached hydrogens (tertiary/aromatic N) is 2. The van der Waals surface area contributed by atoms with Crippen molar-refractivity contribution in [2.24, 2.45) is 10.7 Å². The van der Waals surface area contributed by atoms with E-state index in [1.165, 1.54) is 5.56 Å². The van der Waals surface area contributed by atoms with Crippen molar-refractivity contribution in [2.45, 2.75) is 20.3 Å². The summed E-state index contributed by atoms with van der Waals surface area (Å²) < 4.78 is 0. The monoisotopic (exact) mass is 267 g/mol. The van der Waals surface area contributed by atoms with Crippen LogP contribution in [0.15, 0.2) is 53.5 Å². The summed E-state index contributed by atoms with van der Waals surface area (Å²) in [6.07, 6.45) is 1.01. The second-order valence-corrected chi connectivity index (χ2v) is 4.84. The Hall–Kier alpha value is -2.29. The van der Waals surface area contributed by atoms with Gasteiger partial charge in [-0.05, 0) is 42.7 Å². The first-order valence-corrected chi connectivity index (χ1v) is 6.84. The number of nitrogens with two attached hydrogens (primary N) is 1. The Morgan fingerprint density at radius 3 is 2.60 bits per heavy atom. The fourth-order valence-corrected chi connectivity index (χ4v) is 2.00. The van der Waals surface area contributed by atoms with E-state index in [9.17, 15) is 0 Å². The summed E-state index contributed by atoms with van der Waals surface area (Å²) in [5, 5.41) is 0. The third-order valence-corrected chi connectivity index (χ3v) is 3.40. The molecule has 2 N–H and O–H groups in total. The van der Waals surface area contributed by atoms with E-state index >= 15 is 0 Å². The van der Waals surface area contributed by atoms with Crippen molar-refractivity contribution in [3.05, 3.63) is 59.7 Å². The van der Waals surface area contributed by atoms with Crippen LogP contribution in [0.25, 0.3) is 0 Å². The number of aliphatic imine (C=N–C) groups is 1. The van der Waals surface area contributed by atoms with Crippen molar-refractivity contribution in [3.63, 3.8) is 0 Å². The van der Waals surface area contributed by atoms with Gasteiger partial charge in [-0.3, -0.25) is 0 Å². The molecule has 20 heavy (non-hydrogen) atoms. The highest BCUT2D eigenvalue weighted by molar-refractivity contribution is 5.96. The predicted molar refractivity (Wildman–Crippen MR) is 86.7 cm³/mol. The first kappa shape index (κ1) is 14.1. The molecule has 0 spiro atoms. The van der Waals surface area contributed by atoms with Gasteiger partial charge in [0, 0.05) is 12.7 Å². The van der Waals surface area contributed by atoms with Gasteiger partial charge in [0.05, 0.1) is 5.69 Å². The maximum Gasteiger partial charge on any atom is 0.200 e. The molecule has 0 radical (unpaired) electrons. The Balaban J connectivity index is 2.28. The normalized spacial score (nSPS) is 11.4. The Morgan fingerprint density at radius 1 is 1.15 bits per heavy atom. The van der Waals surface area contributed by atoms with Gasteiger partial charge in [-0.1, -0.05) is 37.3 Å². The van der Waals surface area contributed by atoms with E-state index in [-0.39, 0.29) is 0 Å². The number of guanidine groups is 1. The minimum absolute atomic E-state index is 0.493. The van der Waals surface area contributed by atoms with Crippen LogP contribution in [0, 0.1) is 6.92 Å². The first-order valence-electron chi connectivity index (χ1n) is 6.84. The molecule has 104 valence electrons. The van der Waals surface area contributed by atoms with E-state index in [1.807, 2.05) is 55.3 Å². The van der Waals surface area contributed by atoms with Crippen molar-refractivity contribution < 1.29 is 0 Å². The molecule has 2 rings (SSSR count). The zero-order valence-corrected chi connectivity index (χ0v) is 12.3. The summed E-state index contributed by atoms with van der Waals surface area (Å²) in [5.41, 5.74) is 10.5. The van der Waals surface area contributed by atoms with Gasteiger partial charge in [-0.25, -0.2) is 4.99 Å². The molecule has 0 saturated carbocycles. The average molecular weight is 267 g/mol. The van der Waals surface area contributed by atoms with Crippen LogP contribution < -0.4 is 10.6 Å². The molecule has 2 aromatic rings. The third kappa shape index (κ3) is 3.18. The topological polar surface area (TPSA) is 41.6 Å². The van der Waals surface area contributed by atoms with Crippen LogP contribution in [0.1, 0.15) is 18.1 Å². The van der Waals surface area contributed by atoms with Gasteiger partial charge in [-0.2, -0.15) is 0 Å². The summed E-state index contributed by atoms with van der Waals surface area (Å²) in [6, 6.07) is 16.3. The molecule has 3 nitrogen and oxygen atoms in total. The van der Waals surface area contributed by atoms with Crippen molar-refractivity contribution in [3.8, 4) is 0 Å². The van der Waals surface area contributed by atoms with E-state index < -0.39 is 0 Å². The van der Waals surface area contributed by atoms with E-state index in [0.717, 1.165) is 23.4 Å². The molecular formula is C17H21N3. The maximum atomic E-state index is 6.12. The molecule has 0 aliphatic heterocycles. The fourth-order valence-electron chi connectivity index (χ4n) is 2.00. The minimum Gasteiger partial charge on any atom is -0.369 e. The number of anilines is 1. The molecule has 0 aliphatic carbocycles. The highest BCUT2D eigenvalue weighted by Crippen LogP contribution is 2.19. The predicted octanol–water partition coefficient (Wildman–Crippen LogP) is 3.64. The van der Waals surface area contributed by atoms with E-state index in [4.69, 9.17) is 5.73 Å². The van der Waals surface area contributed by atoms with Gasteiger partial charge < -0.3 is 10.6 Å². The zero-order valence-electron chi connectivity index (χ0n) is 12.3. The third-order valence-electron chi connectivity index (χ3n) is 3.40. The minimum atomic E-state index is 0.493. The number of para-hydroxylation sites is 1. The summed E-state index contributed by atoms with van der Waals surface area (Å²) in [6.45, 7) is 4.17. The molecule has 0 aliphatic rings. The molecule has 0 fully saturated rings. The van der Waals surface area contributed by atoms with Crippen LogP contribution in [0.2, 0.25) is 0 Å². The highest BCUT2D eigenvalue weighted by atomic mass is 15.2. The van der Waals surface area contributed by atoms with Gasteiger partial charge in [0.2, 0.25) is 5.96 Å². The quantitative estimate of drug-likeness (QED) is 0.681. The van der Waals surface area contributed by atoms with Gasteiger partial charge >= 0.3 is 0 Å². The van der Waals surface area contributed by atoms with Gasteiger partial charge in [0.1, 0.15) is 0 Å². The molecule has 0 bridgehead atoms. The standard InChI is InChI=1S/C17H21N3/c1-4-14-9-7-10-15(12-14)20(3)17(18)19-16-11-6-5-8-13(16)2/h5-12H,4H2,1-3H3,(H2,18,19). The van der Waals surface area contributed by atoms with Crippen LogP contribution in [-0.4, -0.2) is 13.0 Å². The molecule has 3 heteroatoms. The average Bonchev–Trinajstić information content (AvgIpc) is 2.48. The Kier molecular flexibility index (Phi) is 4.41. The summed E-state index contributed by atoms with van der Waals surface area (Å²) in [4.78, 5) is 6.42. The number of rotatable bonds is 3. The lowest BCUT2D eigenvalue weighted by atomic mass is 10.1. The largest absolute Gasteiger partial charge is 0.369 e. The zero-order chi connectivity index (χ0) is 14.5. The van der Waals surface area contributed by atoms with Gasteiger partial charge in [-0.15, -0.1) is 0 Å². The van der Waals surface area contributed by atoms with E-state index in [2.05, 4.69) is 24.0 Å². The summed E-state index contributed by atoms with van der Waals surface area (Å²) >= 11 is 0. The summed E-state index contributed by atoms with van der Waals surface area (Å²) in [5.74, 6) is 0.493. The Bertz CT molecular complexity index is 617. The smallest absolute Gasteiger partial charge is 0.200 e. The number of aryl methyl sites for hydroxylation is 2. The van der Waals surface area contributed by atoms with Crippen LogP contribution >= 0.6 is 0 Å². The van der Waals surface area contributed by atoms with Crippen LogP contribution in [-0.2, 0) is 6.42 Å². The van der Waals surface area contributed by atoms with E-state index in [1.54, 1.807) is 0 Å². The highest BCUT2D eigenvalue weighted by Gasteiger charge is 2.06. The lowest BCUT2D eigenvalue weighted by molar-refractivity contribution is 1.13. The molecule has 0 heterocycles. The molecule has 0 amide bonds. The second-order valence-electron chi connectivity index (χ2n) is 4.84. The number of hydrogen-bond donors (Lipinski definition) is 1. The Morgan fingerprint density at radius 2 is 1.90 bits per heavy atom. The SMILES string of the molecule is CCc1cccc(N(C)C(N)=Nc2ccccc2C)c1.